The Bertz CT molecular complexity index is 1270. The fourth-order valence-corrected chi connectivity index (χ4v) is 6.79. The van der Waals surface area contributed by atoms with E-state index in [4.69, 9.17) is 9.47 Å². The first-order valence-electron chi connectivity index (χ1n) is 12.3. The van der Waals surface area contributed by atoms with Crippen molar-refractivity contribution in [2.24, 2.45) is 0 Å². The van der Waals surface area contributed by atoms with Crippen molar-refractivity contribution in [3.05, 3.63) is 120 Å². The first-order valence-corrected chi connectivity index (χ1v) is 13.5. The lowest BCUT2D eigenvalue weighted by Gasteiger charge is -2.29. The van der Waals surface area contributed by atoms with Crippen molar-refractivity contribution in [1.82, 2.24) is 0 Å². The number of hydrogen-bond donors (Lipinski definition) is 0. The normalized spacial score (nSPS) is 14.5. The molecule has 5 rings (SSSR count). The molecule has 0 aromatic heterocycles. The number of carbonyl (C=O) groups is 1. The Kier molecular flexibility index (Phi) is 7.56. The van der Waals surface area contributed by atoms with Crippen molar-refractivity contribution < 1.29 is 23.0 Å². The molecule has 0 amide bonds. The topological polar surface area (TPSA) is 35.5 Å². The van der Waals surface area contributed by atoms with Crippen molar-refractivity contribution in [3.8, 4) is 5.75 Å². The van der Waals surface area contributed by atoms with E-state index in [1.54, 1.807) is 36.4 Å². The molecule has 1 fully saturated rings. The molecule has 0 N–H and O–H groups in total. The minimum absolute atomic E-state index is 0.185. The maximum absolute atomic E-state index is 13.6. The van der Waals surface area contributed by atoms with E-state index in [0.29, 0.717) is 5.75 Å². The molecule has 4 aromatic carbocycles. The van der Waals surface area contributed by atoms with Gasteiger partial charge >= 0.3 is 5.97 Å². The van der Waals surface area contributed by atoms with Crippen molar-refractivity contribution in [2.75, 3.05) is 6.61 Å². The Morgan fingerprint density at radius 1 is 0.703 bits per heavy atom. The van der Waals surface area contributed by atoms with Crippen LogP contribution in [0.2, 0.25) is 0 Å². The van der Waals surface area contributed by atoms with Gasteiger partial charge in [-0.05, 0) is 104 Å². The van der Waals surface area contributed by atoms with Crippen LogP contribution in [0.15, 0.2) is 118 Å². The third-order valence-corrected chi connectivity index (χ3v) is 8.77. The molecule has 0 bridgehead atoms. The molecule has 0 saturated heterocycles. The minimum Gasteiger partial charge on any atom is -0.482 e. The molecule has 0 radical (unpaired) electrons. The summed E-state index contributed by atoms with van der Waals surface area (Å²) in [7, 11) is -0.563. The number of halogens is 2. The van der Waals surface area contributed by atoms with Crippen LogP contribution in [0.3, 0.4) is 0 Å². The second-order valence-electron chi connectivity index (χ2n) is 9.02. The molecule has 0 unspecified atom stereocenters. The average Bonchev–Trinajstić information content (AvgIpc) is 3.40. The van der Waals surface area contributed by atoms with Gasteiger partial charge < -0.3 is 9.47 Å². The predicted octanol–water partition coefficient (Wildman–Crippen LogP) is 7.45. The van der Waals surface area contributed by atoms with Gasteiger partial charge in [0, 0.05) is 0 Å². The van der Waals surface area contributed by atoms with Crippen LogP contribution in [0.5, 0.6) is 5.75 Å². The number of benzene rings is 4. The lowest BCUT2D eigenvalue weighted by atomic mass is 9.92. The molecule has 6 heteroatoms. The van der Waals surface area contributed by atoms with Gasteiger partial charge in [-0.2, -0.15) is 0 Å². The summed E-state index contributed by atoms with van der Waals surface area (Å²) < 4.78 is 38.9. The number of esters is 1. The van der Waals surface area contributed by atoms with Crippen LogP contribution in [0.4, 0.5) is 8.78 Å². The highest BCUT2D eigenvalue weighted by Gasteiger charge is 2.39. The van der Waals surface area contributed by atoms with Gasteiger partial charge in [0.2, 0.25) is 0 Å². The first-order chi connectivity index (χ1) is 18.0. The highest BCUT2D eigenvalue weighted by molar-refractivity contribution is 7.97. The van der Waals surface area contributed by atoms with Gasteiger partial charge in [0.1, 0.15) is 23.0 Å². The number of carbonyl (C=O) groups excluding carboxylic acids is 1. The second kappa shape index (κ2) is 11.2. The van der Waals surface area contributed by atoms with Crippen molar-refractivity contribution in [3.63, 3.8) is 0 Å². The van der Waals surface area contributed by atoms with Crippen LogP contribution in [0.25, 0.3) is 0 Å². The van der Waals surface area contributed by atoms with Gasteiger partial charge in [-0.3, -0.25) is 0 Å². The molecule has 3 nitrogen and oxygen atoms in total. The molecule has 1 aliphatic rings. The van der Waals surface area contributed by atoms with E-state index < -0.39 is 22.5 Å². The quantitative estimate of drug-likeness (QED) is 0.180. The lowest BCUT2D eigenvalue weighted by Crippen LogP contribution is -2.31. The molecule has 188 valence electrons. The average molecular weight is 518 g/mol. The van der Waals surface area contributed by atoms with Crippen molar-refractivity contribution in [1.29, 1.82) is 0 Å². The highest BCUT2D eigenvalue weighted by atomic mass is 32.2. The zero-order chi connectivity index (χ0) is 25.7. The molecule has 0 aliphatic heterocycles. The summed E-state index contributed by atoms with van der Waals surface area (Å²) >= 11 is 0. The highest BCUT2D eigenvalue weighted by Crippen LogP contribution is 2.42. The lowest BCUT2D eigenvalue weighted by molar-refractivity contribution is -0.163. The number of hydrogen-bond acceptors (Lipinski definition) is 3. The van der Waals surface area contributed by atoms with E-state index >= 15 is 0 Å². The summed E-state index contributed by atoms with van der Waals surface area (Å²) in [6.45, 7) is -0.185. The monoisotopic (exact) mass is 517 g/mol. The summed E-state index contributed by atoms with van der Waals surface area (Å²) in [6, 6.07) is 30.0. The van der Waals surface area contributed by atoms with Gasteiger partial charge in [-0.25, -0.2) is 13.6 Å². The first kappa shape index (κ1) is 25.0. The van der Waals surface area contributed by atoms with Gasteiger partial charge in [0.05, 0.1) is 10.9 Å². The van der Waals surface area contributed by atoms with Crippen LogP contribution in [0, 0.1) is 11.6 Å². The third kappa shape index (κ3) is 5.86. The molecule has 37 heavy (non-hydrogen) atoms. The standard InChI is InChI=1S/C31H27F2O3S/c32-24-8-14-27(15-9-24)37(28-16-10-25(33)11-17-28)29-18-12-26(13-19-29)35-22-30(34)36-31(20-4-5-21-31)23-6-2-1-3-7-23/h1-3,6-19H,4-5,20-22H2/q+1. The summed E-state index contributed by atoms with van der Waals surface area (Å²) in [5.41, 5.74) is 0.448. The molecule has 0 spiro atoms. The number of ether oxygens (including phenoxy) is 2. The minimum atomic E-state index is -0.579. The van der Waals surface area contributed by atoms with Gasteiger partial charge in [-0.1, -0.05) is 30.3 Å². The van der Waals surface area contributed by atoms with E-state index in [0.717, 1.165) is 45.9 Å². The summed E-state index contributed by atoms with van der Waals surface area (Å²) in [5, 5.41) is 0. The molecular formula is C31H27F2O3S+. The Morgan fingerprint density at radius 2 is 1.19 bits per heavy atom. The summed E-state index contributed by atoms with van der Waals surface area (Å²) in [6.07, 6.45) is 3.67. The smallest absolute Gasteiger partial charge is 0.345 e. The molecular weight excluding hydrogens is 490 g/mol. The molecule has 0 heterocycles. The number of rotatable bonds is 8. The molecule has 0 atom stereocenters. The van der Waals surface area contributed by atoms with Gasteiger partial charge in [0.25, 0.3) is 0 Å². The SMILES string of the molecule is O=C(COc1ccc([S+](c2ccc(F)cc2)c2ccc(F)cc2)cc1)OC1(c2ccccc2)CCCC1. The Morgan fingerprint density at radius 3 is 1.70 bits per heavy atom. The van der Waals surface area contributed by atoms with Crippen molar-refractivity contribution >= 4 is 16.9 Å². The fourth-order valence-electron chi connectivity index (χ4n) is 4.75. The van der Waals surface area contributed by atoms with Crippen molar-refractivity contribution in [2.45, 2.75) is 46.0 Å². The van der Waals surface area contributed by atoms with Crippen LogP contribution in [-0.4, -0.2) is 12.6 Å². The zero-order valence-electron chi connectivity index (χ0n) is 20.2. The third-order valence-electron chi connectivity index (χ3n) is 6.54. The summed E-state index contributed by atoms with van der Waals surface area (Å²) in [4.78, 5) is 15.5. The van der Waals surface area contributed by atoms with Crippen LogP contribution >= 0.6 is 0 Å². The molecule has 4 aromatic rings. The largest absolute Gasteiger partial charge is 0.482 e. The van der Waals surface area contributed by atoms with E-state index in [2.05, 4.69) is 0 Å². The zero-order valence-corrected chi connectivity index (χ0v) is 21.1. The fraction of sp³-hybridized carbons (Fsp3) is 0.194. The predicted molar refractivity (Wildman–Crippen MR) is 140 cm³/mol. The van der Waals surface area contributed by atoms with Gasteiger partial charge in [-0.15, -0.1) is 0 Å². The van der Waals surface area contributed by atoms with E-state index in [-0.39, 0.29) is 18.2 Å². The maximum Gasteiger partial charge on any atom is 0.345 e. The van der Waals surface area contributed by atoms with Crippen LogP contribution in [0.1, 0.15) is 31.2 Å². The van der Waals surface area contributed by atoms with Crippen LogP contribution < -0.4 is 4.74 Å². The Balaban J connectivity index is 1.29. The van der Waals surface area contributed by atoms with E-state index in [1.165, 1.54) is 24.3 Å². The molecule has 1 aliphatic carbocycles. The Hall–Kier alpha value is -3.64. The Labute approximate surface area is 218 Å². The second-order valence-corrected chi connectivity index (χ2v) is 11.0. The van der Waals surface area contributed by atoms with E-state index in [1.807, 2.05) is 42.5 Å². The van der Waals surface area contributed by atoms with Gasteiger partial charge in [0.15, 0.2) is 21.3 Å². The maximum atomic E-state index is 13.6. The molecule has 1 saturated carbocycles. The van der Waals surface area contributed by atoms with E-state index in [9.17, 15) is 13.6 Å². The summed E-state index contributed by atoms with van der Waals surface area (Å²) in [5.74, 6) is -0.475. The van der Waals surface area contributed by atoms with Crippen LogP contribution in [-0.2, 0) is 26.0 Å².